The van der Waals surface area contributed by atoms with Crippen LogP contribution in [0, 0.1) is 28.6 Å². The highest BCUT2D eigenvalue weighted by molar-refractivity contribution is 5.72. The van der Waals surface area contributed by atoms with E-state index in [1.54, 1.807) is 0 Å². The fourth-order valence-electron chi connectivity index (χ4n) is 3.47. The molecule has 0 saturated heterocycles. The lowest BCUT2D eigenvalue weighted by molar-refractivity contribution is 0.333. The number of benzene rings is 1. The van der Waals surface area contributed by atoms with Crippen molar-refractivity contribution in [3.8, 4) is 12.1 Å². The Hall–Kier alpha value is -2.78. The zero-order chi connectivity index (χ0) is 19.5. The van der Waals surface area contributed by atoms with Crippen LogP contribution in [0.25, 0.3) is 11.1 Å². The van der Waals surface area contributed by atoms with Gasteiger partial charge in [0, 0.05) is 24.2 Å². The number of hydrogen-bond donors (Lipinski definition) is 0. The standard InChI is InChI=1S/C24H29N3/c1-3-5-6-8-20(7-4-2)19-27-15-13-23(14-16-27)21-9-11-22(12-10-21)24(17-25)18-26/h9-16,20H,3-8,19H2,1-2H3. The molecular formula is C24H29N3. The van der Waals surface area contributed by atoms with Crippen molar-refractivity contribution >= 4 is 11.1 Å². The molecule has 0 saturated carbocycles. The average Bonchev–Trinajstić information content (AvgIpc) is 2.70. The van der Waals surface area contributed by atoms with Crippen molar-refractivity contribution in [1.29, 1.82) is 10.5 Å². The second-order valence-electron chi connectivity index (χ2n) is 7.11. The maximum atomic E-state index is 8.96. The summed E-state index contributed by atoms with van der Waals surface area (Å²) >= 11 is 0. The van der Waals surface area contributed by atoms with Gasteiger partial charge in [-0.1, -0.05) is 63.8 Å². The molecule has 1 aliphatic heterocycles. The minimum Gasteiger partial charge on any atom is -0.354 e. The van der Waals surface area contributed by atoms with Gasteiger partial charge in [-0.25, -0.2) is 0 Å². The Kier molecular flexibility index (Phi) is 8.40. The number of hydrogen-bond acceptors (Lipinski definition) is 3. The van der Waals surface area contributed by atoms with E-state index in [0.29, 0.717) is 5.22 Å². The number of allylic oxidation sites excluding steroid dienone is 2. The van der Waals surface area contributed by atoms with Crippen LogP contribution in [0.15, 0.2) is 48.8 Å². The molecule has 3 nitrogen and oxygen atoms in total. The van der Waals surface area contributed by atoms with Crippen LogP contribution in [0.3, 0.4) is 0 Å². The molecule has 1 atom stereocenters. The molecule has 2 rings (SSSR count). The van der Waals surface area contributed by atoms with Crippen molar-refractivity contribution in [2.75, 3.05) is 6.54 Å². The van der Waals surface area contributed by atoms with Crippen molar-refractivity contribution < 1.29 is 0 Å². The third-order valence-electron chi connectivity index (χ3n) is 5.00. The number of unbranched alkanes of at least 4 members (excludes halogenated alkanes) is 2. The van der Waals surface area contributed by atoms with Crippen molar-refractivity contribution in [3.63, 3.8) is 0 Å². The smallest absolute Gasteiger partial charge is 0.136 e. The van der Waals surface area contributed by atoms with Crippen molar-refractivity contribution in [2.24, 2.45) is 5.92 Å². The third-order valence-corrected chi connectivity index (χ3v) is 5.00. The van der Waals surface area contributed by atoms with E-state index in [1.165, 1.54) is 38.5 Å². The summed E-state index contributed by atoms with van der Waals surface area (Å²) in [6.45, 7) is 5.61. The Balaban J connectivity index is 2.09. The van der Waals surface area contributed by atoms with E-state index in [-0.39, 0.29) is 5.57 Å². The summed E-state index contributed by atoms with van der Waals surface area (Å²) in [6.07, 6.45) is 16.4. The monoisotopic (exact) mass is 359 g/mol. The summed E-state index contributed by atoms with van der Waals surface area (Å²) in [6, 6.07) is 11.5. The summed E-state index contributed by atoms with van der Waals surface area (Å²) in [5, 5.41) is 19.7. The van der Waals surface area contributed by atoms with Crippen LogP contribution in [-0.2, 0) is 0 Å². The van der Waals surface area contributed by atoms with Crippen molar-refractivity contribution in [3.05, 3.63) is 59.3 Å². The molecular weight excluding hydrogens is 330 g/mol. The molecule has 1 aliphatic rings. The van der Waals surface area contributed by atoms with Gasteiger partial charge in [-0.15, -0.1) is 0 Å². The molecule has 0 amide bonds. The Morgan fingerprint density at radius 1 is 0.926 bits per heavy atom. The second kappa shape index (κ2) is 11.0. The molecule has 0 spiro atoms. The molecule has 0 aromatic heterocycles. The first kappa shape index (κ1) is 20.5. The molecule has 1 unspecified atom stereocenters. The molecule has 1 aromatic rings. The van der Waals surface area contributed by atoms with Gasteiger partial charge in [0.25, 0.3) is 0 Å². The topological polar surface area (TPSA) is 50.8 Å². The van der Waals surface area contributed by atoms with Gasteiger partial charge in [0.05, 0.1) is 0 Å². The first-order valence-electron chi connectivity index (χ1n) is 9.98. The highest BCUT2D eigenvalue weighted by Crippen LogP contribution is 2.19. The second-order valence-corrected chi connectivity index (χ2v) is 7.11. The lowest BCUT2D eigenvalue weighted by atomic mass is 9.96. The maximum absolute atomic E-state index is 8.96. The summed E-state index contributed by atoms with van der Waals surface area (Å²) < 4.78 is 0. The fraction of sp³-hybridized carbons (Fsp3) is 0.417. The van der Waals surface area contributed by atoms with Crippen LogP contribution in [-0.4, -0.2) is 11.4 Å². The molecule has 0 radical (unpaired) electrons. The van der Waals surface area contributed by atoms with Gasteiger partial charge in [0.2, 0.25) is 0 Å². The quantitative estimate of drug-likeness (QED) is 0.647. The zero-order valence-corrected chi connectivity index (χ0v) is 16.5. The van der Waals surface area contributed by atoms with Crippen LogP contribution in [0.5, 0.6) is 0 Å². The largest absolute Gasteiger partial charge is 0.354 e. The Bertz CT molecular complexity index is 822. The normalized spacial score (nSPS) is 13.9. The molecule has 0 bridgehead atoms. The maximum Gasteiger partial charge on any atom is 0.136 e. The van der Waals surface area contributed by atoms with Crippen LogP contribution >= 0.6 is 0 Å². The molecule has 1 aromatic carbocycles. The SMILES string of the molecule is CCCCCC(CCC)CN1C=CC(=c2ccc(=C(C#N)C#N)cc2)C=C1. The van der Waals surface area contributed by atoms with Crippen LogP contribution < -0.4 is 10.4 Å². The minimum absolute atomic E-state index is 0.150. The van der Waals surface area contributed by atoms with E-state index >= 15 is 0 Å². The van der Waals surface area contributed by atoms with E-state index in [1.807, 2.05) is 36.4 Å². The first-order valence-corrected chi connectivity index (χ1v) is 9.98. The third kappa shape index (κ3) is 6.15. The Morgan fingerprint density at radius 3 is 2.15 bits per heavy atom. The van der Waals surface area contributed by atoms with Gasteiger partial charge < -0.3 is 4.90 Å². The molecule has 1 heterocycles. The summed E-state index contributed by atoms with van der Waals surface area (Å²) in [4.78, 5) is 2.29. The van der Waals surface area contributed by atoms with E-state index in [0.717, 1.165) is 23.3 Å². The zero-order valence-electron chi connectivity index (χ0n) is 16.5. The molecule has 0 N–H and O–H groups in total. The lowest BCUT2D eigenvalue weighted by Crippen LogP contribution is -2.22. The molecule has 0 aliphatic carbocycles. The summed E-state index contributed by atoms with van der Waals surface area (Å²) in [5.41, 5.74) is 1.30. The molecule has 140 valence electrons. The summed E-state index contributed by atoms with van der Waals surface area (Å²) in [7, 11) is 0. The number of nitriles is 2. The number of nitrogens with zero attached hydrogens (tertiary/aromatic N) is 3. The van der Waals surface area contributed by atoms with Gasteiger partial charge in [0.1, 0.15) is 17.7 Å². The van der Waals surface area contributed by atoms with Gasteiger partial charge in [-0.2, -0.15) is 10.5 Å². The van der Waals surface area contributed by atoms with Crippen LogP contribution in [0.4, 0.5) is 0 Å². The molecule has 3 heteroatoms. The Morgan fingerprint density at radius 2 is 1.59 bits per heavy atom. The lowest BCUT2D eigenvalue weighted by Gasteiger charge is -2.25. The van der Waals surface area contributed by atoms with E-state index in [4.69, 9.17) is 10.5 Å². The van der Waals surface area contributed by atoms with E-state index in [2.05, 4.69) is 43.3 Å². The van der Waals surface area contributed by atoms with Crippen molar-refractivity contribution in [1.82, 2.24) is 4.90 Å². The van der Waals surface area contributed by atoms with Crippen LogP contribution in [0.2, 0.25) is 0 Å². The molecule has 0 fully saturated rings. The van der Waals surface area contributed by atoms with Crippen molar-refractivity contribution in [2.45, 2.75) is 52.4 Å². The Labute approximate surface area is 163 Å². The van der Waals surface area contributed by atoms with Gasteiger partial charge in [-0.3, -0.25) is 0 Å². The first-order chi connectivity index (χ1) is 13.2. The fourth-order valence-corrected chi connectivity index (χ4v) is 3.47. The highest BCUT2D eigenvalue weighted by Gasteiger charge is 2.11. The average molecular weight is 360 g/mol. The van der Waals surface area contributed by atoms with Crippen LogP contribution in [0.1, 0.15) is 52.4 Å². The van der Waals surface area contributed by atoms with Gasteiger partial charge in [-0.05, 0) is 41.7 Å². The van der Waals surface area contributed by atoms with Gasteiger partial charge >= 0.3 is 0 Å². The number of rotatable bonds is 8. The molecule has 27 heavy (non-hydrogen) atoms. The van der Waals surface area contributed by atoms with Gasteiger partial charge in [0.15, 0.2) is 0 Å². The predicted molar refractivity (Wildman–Crippen MR) is 111 cm³/mol. The van der Waals surface area contributed by atoms with E-state index < -0.39 is 0 Å². The van der Waals surface area contributed by atoms with E-state index in [9.17, 15) is 0 Å². The minimum atomic E-state index is 0.150. The predicted octanol–water partition coefficient (Wildman–Crippen LogP) is 4.37. The highest BCUT2D eigenvalue weighted by atomic mass is 15.1. The summed E-state index contributed by atoms with van der Waals surface area (Å²) in [5.74, 6) is 0.752.